The molecule has 3 rings (SSSR count). The van der Waals surface area contributed by atoms with E-state index in [0.717, 1.165) is 4.90 Å². The van der Waals surface area contributed by atoms with Crippen LogP contribution in [0.2, 0.25) is 0 Å². The molecule has 0 spiro atoms. The smallest absolute Gasteiger partial charge is 0.352 e. The third kappa shape index (κ3) is 4.18. The molecule has 0 aliphatic carbocycles. The van der Waals surface area contributed by atoms with Crippen molar-refractivity contribution < 1.29 is 29.2 Å². The van der Waals surface area contributed by atoms with E-state index in [-0.39, 0.29) is 22.7 Å². The van der Waals surface area contributed by atoms with E-state index in [9.17, 15) is 19.5 Å². The molecular weight excluding hydrogens is 390 g/mol. The first-order valence-electron chi connectivity index (χ1n) is 8.05. The third-order valence-corrected chi connectivity index (χ3v) is 6.42. The van der Waals surface area contributed by atoms with Gasteiger partial charge in [-0.2, -0.15) is 0 Å². The van der Waals surface area contributed by atoms with Crippen LogP contribution in [0.15, 0.2) is 52.8 Å². The first kappa shape index (κ1) is 19.5. The summed E-state index contributed by atoms with van der Waals surface area (Å²) in [5.74, 6) is -1.87. The van der Waals surface area contributed by atoms with E-state index < -0.39 is 18.0 Å². The Hall–Kier alpha value is -2.30. The van der Waals surface area contributed by atoms with Crippen LogP contribution in [0.1, 0.15) is 0 Å². The van der Waals surface area contributed by atoms with Gasteiger partial charge in [-0.15, -0.1) is 23.5 Å². The fourth-order valence-electron chi connectivity index (χ4n) is 2.79. The lowest BCUT2D eigenvalue weighted by atomic mass is 10.0. The summed E-state index contributed by atoms with van der Waals surface area (Å²) in [5, 5.41) is 17.9. The van der Waals surface area contributed by atoms with E-state index in [1.165, 1.54) is 28.4 Å². The van der Waals surface area contributed by atoms with Gasteiger partial charge < -0.3 is 15.9 Å². The average molecular weight is 408 g/mol. The van der Waals surface area contributed by atoms with Crippen molar-refractivity contribution in [3.05, 3.63) is 47.9 Å². The van der Waals surface area contributed by atoms with E-state index in [1.807, 2.05) is 35.2 Å². The van der Waals surface area contributed by atoms with Crippen molar-refractivity contribution >= 4 is 41.4 Å². The van der Waals surface area contributed by atoms with Gasteiger partial charge in [0.25, 0.3) is 0 Å². The van der Waals surface area contributed by atoms with Crippen LogP contribution in [-0.4, -0.2) is 55.9 Å². The first-order chi connectivity index (χ1) is 12.9. The number of carbonyl (C=O) groups excluding carboxylic acids is 1. The zero-order valence-electron chi connectivity index (χ0n) is 14.1. The SMILES string of the molecule is N[C@@H]1C(=O)N2C(C(=O)O)=C(/C=C/C[n+]3ccc(SCC(=O)O)cc3)CS[C@H]12. The van der Waals surface area contributed by atoms with E-state index in [2.05, 4.69) is 0 Å². The standard InChI is InChI=1S/C17H17N3O5S2/c18-13-15(23)20-14(17(24)25)10(8-27-16(13)20)2-1-5-19-6-3-11(4-7-19)26-9-12(21)22/h1-4,6-7,13,16H,5,8-9,18H2,(H-,21,22,24,25)/p+1/b2-1+/t13-,16-/m1/s1. The van der Waals surface area contributed by atoms with Gasteiger partial charge in [-0.25, -0.2) is 9.36 Å². The van der Waals surface area contributed by atoms with Gasteiger partial charge in [-0.3, -0.25) is 14.5 Å². The highest BCUT2D eigenvalue weighted by Crippen LogP contribution is 2.39. The number of nitrogens with zero attached hydrogens (tertiary/aromatic N) is 2. The first-order valence-corrected chi connectivity index (χ1v) is 10.1. The number of nitrogens with two attached hydrogens (primary N) is 1. The molecule has 142 valence electrons. The van der Waals surface area contributed by atoms with E-state index in [0.29, 0.717) is 17.9 Å². The van der Waals surface area contributed by atoms with Crippen LogP contribution in [0, 0.1) is 0 Å². The van der Waals surface area contributed by atoms with Gasteiger partial charge >= 0.3 is 11.9 Å². The van der Waals surface area contributed by atoms with Crippen LogP contribution in [0.3, 0.4) is 0 Å². The number of thioether (sulfide) groups is 2. The van der Waals surface area contributed by atoms with Crippen molar-refractivity contribution in [3.63, 3.8) is 0 Å². The van der Waals surface area contributed by atoms with Gasteiger partial charge in [-0.1, -0.05) is 6.08 Å². The van der Waals surface area contributed by atoms with E-state index >= 15 is 0 Å². The van der Waals surface area contributed by atoms with Crippen molar-refractivity contribution in [2.45, 2.75) is 22.9 Å². The van der Waals surface area contributed by atoms with Gasteiger partial charge in [0.1, 0.15) is 17.1 Å². The van der Waals surface area contributed by atoms with Crippen LogP contribution >= 0.6 is 23.5 Å². The number of rotatable bonds is 7. The molecule has 4 N–H and O–H groups in total. The number of amides is 1. The Labute approximate surface area is 163 Å². The molecule has 0 aromatic carbocycles. The monoisotopic (exact) mass is 408 g/mol. The van der Waals surface area contributed by atoms with Crippen molar-refractivity contribution in [2.75, 3.05) is 11.5 Å². The molecule has 2 atom stereocenters. The number of fused-ring (bicyclic) bond motifs is 1. The maximum atomic E-state index is 11.9. The number of hydrogen-bond acceptors (Lipinski definition) is 6. The zero-order chi connectivity index (χ0) is 19.6. The van der Waals surface area contributed by atoms with Gasteiger partial charge in [0, 0.05) is 22.8 Å². The second-order valence-corrected chi connectivity index (χ2v) is 8.08. The molecule has 3 heterocycles. The summed E-state index contributed by atoms with van der Waals surface area (Å²) >= 11 is 2.70. The van der Waals surface area contributed by atoms with Crippen molar-refractivity contribution in [2.24, 2.45) is 5.73 Å². The Bertz CT molecular complexity index is 837. The normalized spacial score (nSPS) is 22.0. The number of carboxylic acid groups (broad SMARTS) is 2. The molecular formula is C17H18N3O5S2+. The molecule has 0 unspecified atom stereocenters. The van der Waals surface area contributed by atoms with Gasteiger partial charge in [0.15, 0.2) is 18.9 Å². The van der Waals surface area contributed by atoms with E-state index in [4.69, 9.17) is 10.8 Å². The summed E-state index contributed by atoms with van der Waals surface area (Å²) in [6.07, 6.45) is 7.20. The number of β-lactam (4-membered cyclic amide) rings is 1. The molecule has 0 bridgehead atoms. The van der Waals surface area contributed by atoms with Crippen molar-refractivity contribution in [1.82, 2.24) is 4.90 Å². The van der Waals surface area contributed by atoms with Crippen LogP contribution in [0.25, 0.3) is 0 Å². The molecule has 8 nitrogen and oxygen atoms in total. The Balaban J connectivity index is 1.67. The molecule has 1 fully saturated rings. The highest BCUT2D eigenvalue weighted by Gasteiger charge is 2.51. The van der Waals surface area contributed by atoms with Crippen molar-refractivity contribution in [1.29, 1.82) is 0 Å². The lowest BCUT2D eigenvalue weighted by Gasteiger charge is -2.47. The second kappa shape index (κ2) is 8.15. The minimum Gasteiger partial charge on any atom is -0.481 e. The van der Waals surface area contributed by atoms with Crippen LogP contribution in [-0.2, 0) is 20.9 Å². The topological polar surface area (TPSA) is 125 Å². The van der Waals surface area contributed by atoms with Gasteiger partial charge in [0.2, 0.25) is 5.91 Å². The molecule has 10 heteroatoms. The van der Waals surface area contributed by atoms with Crippen LogP contribution in [0.4, 0.5) is 0 Å². The number of aromatic nitrogens is 1. The molecule has 1 aromatic heterocycles. The molecule has 2 aliphatic heterocycles. The fraction of sp³-hybridized carbons (Fsp3) is 0.294. The molecule has 0 radical (unpaired) electrons. The molecule has 1 saturated heterocycles. The van der Waals surface area contributed by atoms with Gasteiger partial charge in [-0.05, 0) is 11.6 Å². The molecule has 1 amide bonds. The van der Waals surface area contributed by atoms with Gasteiger partial charge in [0.05, 0.1) is 5.75 Å². The Morgan fingerprint density at radius 3 is 2.70 bits per heavy atom. The summed E-state index contributed by atoms with van der Waals surface area (Å²) in [6, 6.07) is 3.01. The van der Waals surface area contributed by atoms with Crippen LogP contribution < -0.4 is 10.3 Å². The van der Waals surface area contributed by atoms with Crippen molar-refractivity contribution in [3.8, 4) is 0 Å². The minimum atomic E-state index is -1.13. The molecule has 0 saturated carbocycles. The second-order valence-electron chi connectivity index (χ2n) is 5.93. The highest BCUT2D eigenvalue weighted by molar-refractivity contribution is 8.00. The lowest BCUT2D eigenvalue weighted by molar-refractivity contribution is -0.687. The largest absolute Gasteiger partial charge is 0.481 e. The van der Waals surface area contributed by atoms with Crippen LogP contribution in [0.5, 0.6) is 0 Å². The Kier molecular flexibility index (Phi) is 5.88. The quantitative estimate of drug-likeness (QED) is 0.334. The highest BCUT2D eigenvalue weighted by atomic mass is 32.2. The number of hydrogen-bond donors (Lipinski definition) is 3. The predicted molar refractivity (Wildman–Crippen MR) is 99.9 cm³/mol. The third-order valence-electron chi connectivity index (χ3n) is 4.10. The summed E-state index contributed by atoms with van der Waals surface area (Å²) in [6.45, 7) is 0.516. The molecule has 2 aliphatic rings. The average Bonchev–Trinajstić information content (AvgIpc) is 2.66. The fourth-order valence-corrected chi connectivity index (χ4v) is 4.66. The number of carboxylic acids is 2. The number of pyridine rings is 1. The minimum absolute atomic E-state index is 0.00659. The summed E-state index contributed by atoms with van der Waals surface area (Å²) in [4.78, 5) is 36.2. The summed E-state index contributed by atoms with van der Waals surface area (Å²) in [5.41, 5.74) is 6.32. The summed E-state index contributed by atoms with van der Waals surface area (Å²) < 4.78 is 1.88. The maximum absolute atomic E-state index is 11.9. The number of aliphatic carboxylic acids is 2. The lowest BCUT2D eigenvalue weighted by Crippen LogP contribution is -2.68. The molecule has 1 aromatic rings. The molecule has 27 heavy (non-hydrogen) atoms. The Morgan fingerprint density at radius 1 is 1.37 bits per heavy atom. The maximum Gasteiger partial charge on any atom is 0.352 e. The number of allylic oxidation sites excluding steroid dienone is 2. The zero-order valence-corrected chi connectivity index (χ0v) is 15.8. The number of carbonyl (C=O) groups is 3. The van der Waals surface area contributed by atoms with E-state index in [1.54, 1.807) is 6.08 Å². The Morgan fingerprint density at radius 2 is 2.07 bits per heavy atom. The summed E-state index contributed by atoms with van der Waals surface area (Å²) in [7, 11) is 0. The predicted octanol–water partition coefficient (Wildman–Crippen LogP) is 0.288.